The van der Waals surface area contributed by atoms with Gasteiger partial charge >= 0.3 is 0 Å². The quantitative estimate of drug-likeness (QED) is 0.720. The average Bonchev–Trinajstić information content (AvgIpc) is 2.50. The van der Waals surface area contributed by atoms with Crippen molar-refractivity contribution in [2.75, 3.05) is 46.0 Å². The Morgan fingerprint density at radius 1 is 1.47 bits per heavy atom. The Bertz CT molecular complexity index is 194. The van der Waals surface area contributed by atoms with Crippen molar-refractivity contribution in [3.05, 3.63) is 0 Å². The number of likely N-dealkylation sites (tertiary alicyclic amines) is 1. The normalized spacial score (nSPS) is 24.0. The third-order valence-corrected chi connectivity index (χ3v) is 4.04. The molecule has 2 nitrogen and oxygen atoms in total. The van der Waals surface area contributed by atoms with E-state index < -0.39 is 0 Å². The lowest BCUT2D eigenvalue weighted by Crippen LogP contribution is -2.36. The first-order valence-corrected chi connectivity index (χ1v) is 6.54. The van der Waals surface area contributed by atoms with Crippen molar-refractivity contribution in [2.45, 2.75) is 20.3 Å². The molecule has 0 aromatic rings. The Hall–Kier alpha value is 0.270. The molecule has 0 N–H and O–H groups in total. The number of hydrogen-bond donors (Lipinski definition) is 1. The molecule has 1 rings (SSSR count). The van der Waals surface area contributed by atoms with Crippen LogP contribution in [0.15, 0.2) is 0 Å². The Labute approximate surface area is 100 Å². The van der Waals surface area contributed by atoms with Crippen molar-refractivity contribution >= 4 is 12.6 Å². The molecule has 0 aromatic heterocycles. The zero-order valence-corrected chi connectivity index (χ0v) is 11.6. The fourth-order valence-corrected chi connectivity index (χ4v) is 2.56. The number of rotatable bonds is 5. The minimum absolute atomic E-state index is 0.336. The zero-order valence-electron chi connectivity index (χ0n) is 10.7. The molecule has 1 saturated heterocycles. The molecular weight excluding hydrogens is 204 g/mol. The molecule has 1 atom stereocenters. The van der Waals surface area contributed by atoms with Gasteiger partial charge in [-0.1, -0.05) is 13.8 Å². The smallest absolute Gasteiger partial charge is 0.00376 e. The predicted molar refractivity (Wildman–Crippen MR) is 70.7 cm³/mol. The van der Waals surface area contributed by atoms with Gasteiger partial charge in [-0.25, -0.2) is 0 Å². The summed E-state index contributed by atoms with van der Waals surface area (Å²) in [6.45, 7) is 9.51. The van der Waals surface area contributed by atoms with E-state index in [4.69, 9.17) is 0 Å². The second-order valence-electron chi connectivity index (χ2n) is 5.94. The van der Waals surface area contributed by atoms with E-state index in [1.165, 1.54) is 26.1 Å². The molecule has 1 heterocycles. The first-order valence-electron chi connectivity index (χ1n) is 5.91. The molecule has 0 aromatic carbocycles. The topological polar surface area (TPSA) is 6.48 Å². The maximum Gasteiger partial charge on any atom is 0.00376 e. The molecule has 1 unspecified atom stereocenters. The lowest BCUT2D eigenvalue weighted by atomic mass is 9.95. The standard InChI is InChI=1S/C12H26N2S/c1-12(2,10-15)9-14(4)8-11-5-6-13(3)7-11/h11,15H,5-10H2,1-4H3. The van der Waals surface area contributed by atoms with E-state index in [9.17, 15) is 0 Å². The van der Waals surface area contributed by atoms with Crippen LogP contribution in [-0.2, 0) is 0 Å². The Balaban J connectivity index is 2.27. The Morgan fingerprint density at radius 3 is 2.60 bits per heavy atom. The van der Waals surface area contributed by atoms with Crippen molar-refractivity contribution in [2.24, 2.45) is 11.3 Å². The van der Waals surface area contributed by atoms with E-state index >= 15 is 0 Å². The molecule has 90 valence electrons. The van der Waals surface area contributed by atoms with Crippen LogP contribution in [0.1, 0.15) is 20.3 Å². The van der Waals surface area contributed by atoms with Crippen LogP contribution >= 0.6 is 12.6 Å². The van der Waals surface area contributed by atoms with Crippen molar-refractivity contribution < 1.29 is 0 Å². The fourth-order valence-electron chi connectivity index (χ4n) is 2.46. The highest BCUT2D eigenvalue weighted by molar-refractivity contribution is 7.80. The predicted octanol–water partition coefficient (Wildman–Crippen LogP) is 1.83. The summed E-state index contributed by atoms with van der Waals surface area (Å²) in [5, 5.41) is 0. The zero-order chi connectivity index (χ0) is 11.5. The second kappa shape index (κ2) is 5.55. The van der Waals surface area contributed by atoms with Crippen LogP contribution in [0.4, 0.5) is 0 Å². The van der Waals surface area contributed by atoms with E-state index in [1.54, 1.807) is 0 Å². The molecule has 0 amide bonds. The largest absolute Gasteiger partial charge is 0.306 e. The first kappa shape index (κ1) is 13.3. The summed E-state index contributed by atoms with van der Waals surface area (Å²) in [5.41, 5.74) is 0.336. The van der Waals surface area contributed by atoms with Gasteiger partial charge in [0.05, 0.1) is 0 Å². The van der Waals surface area contributed by atoms with E-state index in [1.807, 2.05) is 0 Å². The molecule has 0 aliphatic carbocycles. The summed E-state index contributed by atoms with van der Waals surface area (Å²) in [5.74, 6) is 1.83. The van der Waals surface area contributed by atoms with Gasteiger partial charge < -0.3 is 9.80 Å². The third kappa shape index (κ3) is 4.75. The maximum atomic E-state index is 4.40. The molecule has 1 aliphatic heterocycles. The second-order valence-corrected chi connectivity index (χ2v) is 6.25. The van der Waals surface area contributed by atoms with Crippen LogP contribution in [0.5, 0.6) is 0 Å². The maximum absolute atomic E-state index is 4.40. The first-order chi connectivity index (χ1) is 6.93. The van der Waals surface area contributed by atoms with Crippen molar-refractivity contribution in [1.82, 2.24) is 9.80 Å². The summed E-state index contributed by atoms with van der Waals surface area (Å²) in [6.07, 6.45) is 1.36. The molecule has 1 aliphatic rings. The van der Waals surface area contributed by atoms with Crippen LogP contribution < -0.4 is 0 Å². The van der Waals surface area contributed by atoms with Crippen LogP contribution in [0.2, 0.25) is 0 Å². The molecule has 0 radical (unpaired) electrons. The van der Waals surface area contributed by atoms with Crippen LogP contribution in [0.3, 0.4) is 0 Å². The summed E-state index contributed by atoms with van der Waals surface area (Å²) in [4.78, 5) is 4.91. The van der Waals surface area contributed by atoms with Gasteiger partial charge in [0.1, 0.15) is 0 Å². The monoisotopic (exact) mass is 230 g/mol. The number of thiol groups is 1. The van der Waals surface area contributed by atoms with Gasteiger partial charge in [-0.15, -0.1) is 0 Å². The van der Waals surface area contributed by atoms with Crippen molar-refractivity contribution in [3.63, 3.8) is 0 Å². The minimum Gasteiger partial charge on any atom is -0.306 e. The van der Waals surface area contributed by atoms with E-state index in [-0.39, 0.29) is 0 Å². The third-order valence-electron chi connectivity index (χ3n) is 3.18. The van der Waals surface area contributed by atoms with Gasteiger partial charge in [0.2, 0.25) is 0 Å². The highest BCUT2D eigenvalue weighted by atomic mass is 32.1. The highest BCUT2D eigenvalue weighted by Crippen LogP contribution is 2.20. The van der Waals surface area contributed by atoms with E-state index in [2.05, 4.69) is 50.4 Å². The van der Waals surface area contributed by atoms with Gasteiger partial charge in [0.15, 0.2) is 0 Å². The number of hydrogen-bond acceptors (Lipinski definition) is 3. The molecule has 1 fully saturated rings. The molecular formula is C12H26N2S. The molecule has 0 spiro atoms. The van der Waals surface area contributed by atoms with Gasteiger partial charge in [-0.3, -0.25) is 0 Å². The summed E-state index contributed by atoms with van der Waals surface area (Å²) >= 11 is 4.40. The van der Waals surface area contributed by atoms with Gasteiger partial charge in [0, 0.05) is 19.6 Å². The van der Waals surface area contributed by atoms with Crippen molar-refractivity contribution in [1.29, 1.82) is 0 Å². The Kier molecular flexibility index (Phi) is 4.94. The van der Waals surface area contributed by atoms with Crippen LogP contribution in [0.25, 0.3) is 0 Å². The fraction of sp³-hybridized carbons (Fsp3) is 1.00. The van der Waals surface area contributed by atoms with Gasteiger partial charge in [0.25, 0.3) is 0 Å². The molecule has 0 bridgehead atoms. The average molecular weight is 230 g/mol. The lowest BCUT2D eigenvalue weighted by Gasteiger charge is -2.30. The van der Waals surface area contributed by atoms with Gasteiger partial charge in [-0.2, -0.15) is 12.6 Å². The SMILES string of the molecule is CN1CCC(CN(C)CC(C)(C)CS)C1. The lowest BCUT2D eigenvalue weighted by molar-refractivity contribution is 0.203. The Morgan fingerprint density at radius 2 is 2.13 bits per heavy atom. The van der Waals surface area contributed by atoms with E-state index in [0.29, 0.717) is 5.41 Å². The van der Waals surface area contributed by atoms with Crippen LogP contribution in [-0.4, -0.2) is 55.8 Å². The molecule has 15 heavy (non-hydrogen) atoms. The summed E-state index contributed by atoms with van der Waals surface area (Å²) < 4.78 is 0. The number of nitrogens with zero attached hydrogens (tertiary/aromatic N) is 2. The van der Waals surface area contributed by atoms with Crippen LogP contribution in [0, 0.1) is 11.3 Å². The minimum atomic E-state index is 0.336. The highest BCUT2D eigenvalue weighted by Gasteiger charge is 2.23. The molecule has 0 saturated carbocycles. The van der Waals surface area contributed by atoms with E-state index in [0.717, 1.165) is 18.2 Å². The van der Waals surface area contributed by atoms with Crippen molar-refractivity contribution in [3.8, 4) is 0 Å². The van der Waals surface area contributed by atoms with Gasteiger partial charge in [-0.05, 0) is 44.1 Å². The summed E-state index contributed by atoms with van der Waals surface area (Å²) in [7, 11) is 4.46. The molecule has 3 heteroatoms. The summed E-state index contributed by atoms with van der Waals surface area (Å²) in [6, 6.07) is 0.